The summed E-state index contributed by atoms with van der Waals surface area (Å²) in [5, 5.41) is 10.2. The van der Waals surface area contributed by atoms with Gasteiger partial charge in [-0.15, -0.1) is 10.2 Å². The van der Waals surface area contributed by atoms with Crippen LogP contribution in [0.2, 0.25) is 5.02 Å². The van der Waals surface area contributed by atoms with Crippen LogP contribution in [0.25, 0.3) is 11.4 Å². The van der Waals surface area contributed by atoms with Crippen molar-refractivity contribution in [3.63, 3.8) is 0 Å². The maximum atomic E-state index is 13.0. The van der Waals surface area contributed by atoms with Gasteiger partial charge >= 0.3 is 0 Å². The number of hydrogen-bond acceptors (Lipinski definition) is 4. The lowest BCUT2D eigenvalue weighted by molar-refractivity contribution is -0.134. The van der Waals surface area contributed by atoms with Crippen LogP contribution in [0.4, 0.5) is 0 Å². The summed E-state index contributed by atoms with van der Waals surface area (Å²) in [5.74, 6) is 1.23. The van der Waals surface area contributed by atoms with Crippen LogP contribution < -0.4 is 0 Å². The number of amides is 1. The van der Waals surface area contributed by atoms with Gasteiger partial charge in [0.15, 0.2) is 11.0 Å². The van der Waals surface area contributed by atoms with Gasteiger partial charge in [-0.25, -0.2) is 0 Å². The van der Waals surface area contributed by atoms with Gasteiger partial charge in [0.05, 0.1) is 17.3 Å². The highest BCUT2D eigenvalue weighted by Gasteiger charge is 2.29. The molecule has 4 rings (SSSR count). The van der Waals surface area contributed by atoms with Gasteiger partial charge in [-0.05, 0) is 50.8 Å². The summed E-state index contributed by atoms with van der Waals surface area (Å²) in [6.07, 6.45) is 3.33. The maximum absolute atomic E-state index is 13.0. The predicted octanol–water partition coefficient (Wildman–Crippen LogP) is 5.53. The van der Waals surface area contributed by atoms with Crippen molar-refractivity contribution in [1.82, 2.24) is 19.7 Å². The molecule has 3 aromatic rings. The van der Waals surface area contributed by atoms with Crippen LogP contribution in [-0.4, -0.2) is 43.4 Å². The average Bonchev–Trinajstić information content (AvgIpc) is 3.15. The van der Waals surface area contributed by atoms with E-state index in [9.17, 15) is 4.79 Å². The Balaban J connectivity index is 1.60. The first-order valence-corrected chi connectivity index (χ1v) is 12.1. The Kier molecular flexibility index (Phi) is 6.98. The number of piperidine rings is 1. The predicted molar refractivity (Wildman–Crippen MR) is 126 cm³/mol. The van der Waals surface area contributed by atoms with Gasteiger partial charge in [0, 0.05) is 17.6 Å². The van der Waals surface area contributed by atoms with E-state index in [-0.39, 0.29) is 18.0 Å². The number of thioether (sulfide) groups is 1. The summed E-state index contributed by atoms with van der Waals surface area (Å²) in [6.45, 7) is 4.90. The lowest BCUT2D eigenvalue weighted by atomic mass is 9.98. The fourth-order valence-electron chi connectivity index (χ4n) is 4.26. The molecule has 1 saturated heterocycles. The smallest absolute Gasteiger partial charge is 0.233 e. The molecule has 5 nitrogen and oxygen atoms in total. The van der Waals surface area contributed by atoms with Crippen LogP contribution >= 0.6 is 23.4 Å². The van der Waals surface area contributed by atoms with E-state index in [2.05, 4.69) is 40.7 Å². The molecule has 2 atom stereocenters. The van der Waals surface area contributed by atoms with E-state index in [4.69, 9.17) is 11.6 Å². The number of carbonyl (C=O) groups is 1. The standard InChI is InChI=1S/C24H27ClN4OS/c1-17-9-8-10-18(2)29(17)22(30)16-31-24-27-26-23(20-13-6-7-14-21(20)25)28(24)15-19-11-4-3-5-12-19/h3-7,11-14,17-18H,8-10,15-16H2,1-2H3/t17-,18+. The van der Waals surface area contributed by atoms with Crippen molar-refractivity contribution in [2.75, 3.05) is 5.75 Å². The lowest BCUT2D eigenvalue weighted by Gasteiger charge is -2.39. The van der Waals surface area contributed by atoms with Crippen LogP contribution in [0.3, 0.4) is 0 Å². The minimum absolute atomic E-state index is 0.165. The SMILES string of the molecule is C[C@@H]1CCC[C@H](C)N1C(=O)CSc1nnc(-c2ccccc2Cl)n1Cc1ccccc1. The van der Waals surface area contributed by atoms with Crippen LogP contribution in [0, 0.1) is 0 Å². The van der Waals surface area contributed by atoms with Gasteiger partial charge in [-0.2, -0.15) is 0 Å². The number of benzene rings is 2. The summed E-state index contributed by atoms with van der Waals surface area (Å²) in [5.41, 5.74) is 1.98. The summed E-state index contributed by atoms with van der Waals surface area (Å²) >= 11 is 7.90. The van der Waals surface area contributed by atoms with Gasteiger partial charge in [-0.3, -0.25) is 9.36 Å². The number of aromatic nitrogens is 3. The molecule has 1 aliphatic heterocycles. The molecule has 1 amide bonds. The Morgan fingerprint density at radius 2 is 1.71 bits per heavy atom. The van der Waals surface area contributed by atoms with Crippen molar-refractivity contribution in [2.45, 2.75) is 56.9 Å². The fourth-order valence-corrected chi connectivity index (χ4v) is 5.29. The van der Waals surface area contributed by atoms with Gasteiger partial charge in [0.1, 0.15) is 0 Å². The first kappa shape index (κ1) is 21.9. The first-order chi connectivity index (χ1) is 15.0. The molecule has 7 heteroatoms. The first-order valence-electron chi connectivity index (χ1n) is 10.7. The van der Waals surface area contributed by atoms with Crippen molar-refractivity contribution < 1.29 is 4.79 Å². The van der Waals surface area contributed by atoms with Gasteiger partial charge < -0.3 is 4.90 Å². The molecule has 0 aliphatic carbocycles. The highest BCUT2D eigenvalue weighted by molar-refractivity contribution is 7.99. The summed E-state index contributed by atoms with van der Waals surface area (Å²) < 4.78 is 2.05. The number of carbonyl (C=O) groups excluding carboxylic acids is 1. The third kappa shape index (κ3) is 4.96. The Hall–Kier alpha value is -2.31. The zero-order valence-electron chi connectivity index (χ0n) is 17.9. The normalized spacial score (nSPS) is 18.9. The van der Waals surface area contributed by atoms with Crippen molar-refractivity contribution >= 4 is 29.3 Å². The van der Waals surface area contributed by atoms with Crippen molar-refractivity contribution in [2.24, 2.45) is 0 Å². The summed E-state index contributed by atoms with van der Waals surface area (Å²) in [7, 11) is 0. The fraction of sp³-hybridized carbons (Fsp3) is 0.375. The van der Waals surface area contributed by atoms with Crippen LogP contribution in [-0.2, 0) is 11.3 Å². The molecule has 0 bridgehead atoms. The number of halogens is 1. The molecule has 1 fully saturated rings. The van der Waals surface area contributed by atoms with Crippen LogP contribution in [0.5, 0.6) is 0 Å². The van der Waals surface area contributed by atoms with Crippen LogP contribution in [0.1, 0.15) is 38.7 Å². The molecule has 0 radical (unpaired) electrons. The van der Waals surface area contributed by atoms with E-state index >= 15 is 0 Å². The molecule has 2 heterocycles. The second-order valence-corrected chi connectivity index (χ2v) is 9.43. The monoisotopic (exact) mass is 454 g/mol. The van der Waals surface area contributed by atoms with E-state index < -0.39 is 0 Å². The van der Waals surface area contributed by atoms with Crippen LogP contribution in [0.15, 0.2) is 59.8 Å². The van der Waals surface area contributed by atoms with E-state index in [1.807, 2.05) is 47.4 Å². The molecular formula is C24H27ClN4OS. The largest absolute Gasteiger partial charge is 0.337 e. The van der Waals surface area contributed by atoms with E-state index in [1.54, 1.807) is 0 Å². The van der Waals surface area contributed by atoms with Crippen molar-refractivity contribution in [3.8, 4) is 11.4 Å². The Morgan fingerprint density at radius 3 is 2.42 bits per heavy atom. The number of nitrogens with zero attached hydrogens (tertiary/aromatic N) is 4. The lowest BCUT2D eigenvalue weighted by Crippen LogP contribution is -2.48. The molecular weight excluding hydrogens is 428 g/mol. The third-order valence-corrected chi connectivity index (χ3v) is 7.10. The summed E-state index contributed by atoms with van der Waals surface area (Å²) in [4.78, 5) is 15.1. The molecule has 31 heavy (non-hydrogen) atoms. The Morgan fingerprint density at radius 1 is 1.03 bits per heavy atom. The minimum atomic E-state index is 0.165. The van der Waals surface area contributed by atoms with Crippen molar-refractivity contribution in [1.29, 1.82) is 0 Å². The highest BCUT2D eigenvalue weighted by Crippen LogP contribution is 2.31. The zero-order chi connectivity index (χ0) is 21.8. The molecule has 1 aromatic heterocycles. The van der Waals surface area contributed by atoms with Gasteiger partial charge in [0.2, 0.25) is 5.91 Å². The Labute approximate surface area is 192 Å². The molecule has 2 aromatic carbocycles. The number of hydrogen-bond donors (Lipinski definition) is 0. The molecule has 0 saturated carbocycles. The van der Waals surface area contributed by atoms with E-state index in [0.717, 1.165) is 29.1 Å². The number of rotatable bonds is 6. The Bertz CT molecular complexity index is 1030. The van der Waals surface area contributed by atoms with E-state index in [0.29, 0.717) is 23.1 Å². The molecule has 1 aliphatic rings. The highest BCUT2D eigenvalue weighted by atomic mass is 35.5. The molecule has 162 valence electrons. The van der Waals surface area contributed by atoms with Crippen molar-refractivity contribution in [3.05, 3.63) is 65.2 Å². The van der Waals surface area contributed by atoms with Gasteiger partial charge in [0.25, 0.3) is 0 Å². The maximum Gasteiger partial charge on any atom is 0.233 e. The second kappa shape index (κ2) is 9.88. The number of likely N-dealkylation sites (tertiary alicyclic amines) is 1. The zero-order valence-corrected chi connectivity index (χ0v) is 19.4. The van der Waals surface area contributed by atoms with E-state index in [1.165, 1.54) is 18.2 Å². The molecule has 0 unspecified atom stereocenters. The topological polar surface area (TPSA) is 51.0 Å². The second-order valence-electron chi connectivity index (χ2n) is 8.08. The summed E-state index contributed by atoms with van der Waals surface area (Å²) in [6, 6.07) is 18.4. The van der Waals surface area contributed by atoms with Gasteiger partial charge in [-0.1, -0.05) is 65.8 Å². The quantitative estimate of drug-likeness (QED) is 0.459. The molecule has 0 spiro atoms. The average molecular weight is 455 g/mol. The minimum Gasteiger partial charge on any atom is -0.337 e. The third-order valence-electron chi connectivity index (χ3n) is 5.82. The molecule has 0 N–H and O–H groups in total.